The van der Waals surface area contributed by atoms with E-state index in [4.69, 9.17) is 28.3 Å². The molecular weight excluding hydrogens is 413 g/mol. The van der Waals surface area contributed by atoms with Crippen molar-refractivity contribution >= 4 is 39.1 Å². The topological polar surface area (TPSA) is 90.0 Å². The SMILES string of the molecule is CC1(C)CN(C(=O)CCNS(=O)(=O)c2c(Cl)cccc2Cl)CCN1CCO. The Morgan fingerprint density at radius 3 is 2.44 bits per heavy atom. The fraction of sp³-hybridized carbons (Fsp3) is 0.588. The average molecular weight is 438 g/mol. The molecule has 1 aliphatic heterocycles. The van der Waals surface area contributed by atoms with E-state index in [2.05, 4.69) is 9.62 Å². The second kappa shape index (κ2) is 9.07. The molecule has 0 bridgehead atoms. The first-order valence-corrected chi connectivity index (χ1v) is 10.9. The fourth-order valence-corrected chi connectivity index (χ4v) is 5.37. The van der Waals surface area contributed by atoms with Gasteiger partial charge in [-0.05, 0) is 26.0 Å². The van der Waals surface area contributed by atoms with E-state index in [-0.39, 0.29) is 46.0 Å². The number of benzene rings is 1. The van der Waals surface area contributed by atoms with Crippen LogP contribution in [-0.2, 0) is 14.8 Å². The predicted molar refractivity (Wildman–Crippen MR) is 106 cm³/mol. The summed E-state index contributed by atoms with van der Waals surface area (Å²) >= 11 is 11.9. The molecule has 2 N–H and O–H groups in total. The van der Waals surface area contributed by atoms with E-state index in [1.807, 2.05) is 13.8 Å². The molecule has 1 heterocycles. The van der Waals surface area contributed by atoms with Crippen LogP contribution in [-0.4, -0.2) is 74.1 Å². The second-order valence-electron chi connectivity index (χ2n) is 7.04. The smallest absolute Gasteiger partial charge is 0.243 e. The molecule has 0 spiro atoms. The van der Waals surface area contributed by atoms with E-state index in [1.54, 1.807) is 11.0 Å². The van der Waals surface area contributed by atoms with Gasteiger partial charge in [0, 0.05) is 44.7 Å². The third kappa shape index (κ3) is 5.56. The normalized spacial score (nSPS) is 17.9. The molecule has 152 valence electrons. The molecule has 1 aromatic carbocycles. The van der Waals surface area contributed by atoms with Crippen LogP contribution in [0.5, 0.6) is 0 Å². The number of hydrogen-bond acceptors (Lipinski definition) is 5. The Balaban J connectivity index is 1.93. The number of aliphatic hydroxyl groups excluding tert-OH is 1. The lowest BCUT2D eigenvalue weighted by Gasteiger charge is -2.47. The number of nitrogens with zero attached hydrogens (tertiary/aromatic N) is 2. The van der Waals surface area contributed by atoms with Gasteiger partial charge in [0.25, 0.3) is 0 Å². The van der Waals surface area contributed by atoms with Gasteiger partial charge < -0.3 is 10.0 Å². The quantitative estimate of drug-likeness (QED) is 0.675. The lowest BCUT2D eigenvalue weighted by atomic mass is 9.98. The number of rotatable bonds is 7. The van der Waals surface area contributed by atoms with Gasteiger partial charge in [-0.2, -0.15) is 0 Å². The van der Waals surface area contributed by atoms with Gasteiger partial charge in [0.2, 0.25) is 15.9 Å². The predicted octanol–water partition coefficient (Wildman–Crippen LogP) is 1.58. The summed E-state index contributed by atoms with van der Waals surface area (Å²) in [6, 6.07) is 4.45. The number of piperazine rings is 1. The number of aliphatic hydroxyl groups is 1. The highest BCUT2D eigenvalue weighted by Crippen LogP contribution is 2.28. The summed E-state index contributed by atoms with van der Waals surface area (Å²) in [5.41, 5.74) is -0.249. The highest BCUT2D eigenvalue weighted by Gasteiger charge is 2.35. The lowest BCUT2D eigenvalue weighted by Crippen LogP contribution is -2.61. The van der Waals surface area contributed by atoms with Gasteiger partial charge in [0.1, 0.15) is 4.90 Å². The van der Waals surface area contributed by atoms with E-state index in [0.717, 1.165) is 0 Å². The maximum absolute atomic E-state index is 12.5. The largest absolute Gasteiger partial charge is 0.395 e. The first-order valence-electron chi connectivity index (χ1n) is 8.66. The van der Waals surface area contributed by atoms with Crippen molar-refractivity contribution in [3.05, 3.63) is 28.2 Å². The summed E-state index contributed by atoms with van der Waals surface area (Å²) in [7, 11) is -3.91. The highest BCUT2D eigenvalue weighted by atomic mass is 35.5. The molecule has 7 nitrogen and oxygen atoms in total. The summed E-state index contributed by atoms with van der Waals surface area (Å²) in [5.74, 6) is -0.125. The lowest BCUT2D eigenvalue weighted by molar-refractivity contribution is -0.136. The van der Waals surface area contributed by atoms with Crippen molar-refractivity contribution < 1.29 is 18.3 Å². The number of carbonyl (C=O) groups is 1. The maximum atomic E-state index is 12.5. The number of β-amino-alcohol motifs (C(OH)–C–C–N with tert-alkyl or cyclic N) is 1. The highest BCUT2D eigenvalue weighted by molar-refractivity contribution is 7.89. The van der Waals surface area contributed by atoms with Crippen molar-refractivity contribution in [2.45, 2.75) is 30.7 Å². The molecule has 0 saturated carbocycles. The molecule has 10 heteroatoms. The van der Waals surface area contributed by atoms with Gasteiger partial charge in [0.15, 0.2) is 0 Å². The fourth-order valence-electron chi connectivity index (χ4n) is 3.20. The summed E-state index contributed by atoms with van der Waals surface area (Å²) in [4.78, 5) is 16.2. The molecule has 0 aromatic heterocycles. The van der Waals surface area contributed by atoms with Crippen LogP contribution in [0.2, 0.25) is 10.0 Å². The van der Waals surface area contributed by atoms with Crippen molar-refractivity contribution in [3.63, 3.8) is 0 Å². The zero-order valence-corrected chi connectivity index (χ0v) is 17.7. The molecular formula is C17H25Cl2N3O4S. The zero-order chi connectivity index (χ0) is 20.2. The summed E-state index contributed by atoms with van der Waals surface area (Å²) in [6.45, 7) is 6.37. The molecule has 1 fully saturated rings. The van der Waals surface area contributed by atoms with Crippen LogP contribution < -0.4 is 4.72 Å². The van der Waals surface area contributed by atoms with E-state index < -0.39 is 10.0 Å². The van der Waals surface area contributed by atoms with Gasteiger partial charge >= 0.3 is 0 Å². The summed E-state index contributed by atoms with van der Waals surface area (Å²) < 4.78 is 27.2. The molecule has 0 radical (unpaired) electrons. The van der Waals surface area contributed by atoms with E-state index >= 15 is 0 Å². The van der Waals surface area contributed by atoms with Crippen molar-refractivity contribution in [1.82, 2.24) is 14.5 Å². The van der Waals surface area contributed by atoms with Gasteiger partial charge in [-0.15, -0.1) is 0 Å². The first kappa shape index (κ1) is 22.4. The minimum Gasteiger partial charge on any atom is -0.395 e. The Morgan fingerprint density at radius 2 is 1.89 bits per heavy atom. The van der Waals surface area contributed by atoms with Gasteiger partial charge in [0.05, 0.1) is 16.7 Å². The van der Waals surface area contributed by atoms with Gasteiger partial charge in [-0.1, -0.05) is 29.3 Å². The van der Waals surface area contributed by atoms with Crippen molar-refractivity contribution in [2.24, 2.45) is 0 Å². The molecule has 2 rings (SSSR count). The van der Waals surface area contributed by atoms with E-state index in [0.29, 0.717) is 26.2 Å². The van der Waals surface area contributed by atoms with Crippen LogP contribution in [0.15, 0.2) is 23.1 Å². The first-order chi connectivity index (χ1) is 12.6. The van der Waals surface area contributed by atoms with E-state index in [1.165, 1.54) is 12.1 Å². The second-order valence-corrected chi connectivity index (χ2v) is 9.56. The Bertz CT molecular complexity index is 766. The third-order valence-corrected chi connectivity index (χ3v) is 7.03. The minimum atomic E-state index is -3.91. The molecule has 27 heavy (non-hydrogen) atoms. The van der Waals surface area contributed by atoms with Crippen LogP contribution in [0.3, 0.4) is 0 Å². The van der Waals surface area contributed by atoms with Crippen molar-refractivity contribution in [1.29, 1.82) is 0 Å². The number of hydrogen-bond donors (Lipinski definition) is 2. The number of halogens is 2. The molecule has 1 aliphatic rings. The summed E-state index contributed by atoms with van der Waals surface area (Å²) in [6.07, 6.45) is 0.0391. The number of nitrogens with one attached hydrogen (secondary N) is 1. The number of sulfonamides is 1. The Labute approximate surface area is 170 Å². The summed E-state index contributed by atoms with van der Waals surface area (Å²) in [5, 5.41) is 9.21. The molecule has 1 aromatic rings. The van der Waals surface area contributed by atoms with Crippen LogP contribution in [0.4, 0.5) is 0 Å². The molecule has 0 aliphatic carbocycles. The van der Waals surface area contributed by atoms with Gasteiger partial charge in [-0.3, -0.25) is 9.69 Å². The number of carbonyl (C=O) groups excluding carboxylic acids is 1. The van der Waals surface area contributed by atoms with Crippen LogP contribution in [0.25, 0.3) is 0 Å². The van der Waals surface area contributed by atoms with Crippen LogP contribution >= 0.6 is 23.2 Å². The third-order valence-electron chi connectivity index (χ3n) is 4.61. The van der Waals surface area contributed by atoms with Crippen LogP contribution in [0, 0.1) is 0 Å². The monoisotopic (exact) mass is 437 g/mol. The van der Waals surface area contributed by atoms with Crippen LogP contribution in [0.1, 0.15) is 20.3 Å². The van der Waals surface area contributed by atoms with E-state index in [9.17, 15) is 13.2 Å². The Kier molecular flexibility index (Phi) is 7.52. The molecule has 0 unspecified atom stereocenters. The van der Waals surface area contributed by atoms with Crippen molar-refractivity contribution in [3.8, 4) is 0 Å². The minimum absolute atomic E-state index is 0.0306. The standard InChI is InChI=1S/C17H25Cl2N3O4S/c1-17(2)12-21(8-9-22(17)10-11-23)15(24)6-7-20-27(25,26)16-13(18)4-3-5-14(16)19/h3-5,20,23H,6-12H2,1-2H3. The Hall–Kier alpha value is -0.900. The van der Waals surface area contributed by atoms with Gasteiger partial charge in [-0.25, -0.2) is 13.1 Å². The zero-order valence-electron chi connectivity index (χ0n) is 15.4. The maximum Gasteiger partial charge on any atom is 0.243 e. The average Bonchev–Trinajstić information content (AvgIpc) is 2.55. The molecule has 1 saturated heterocycles. The number of amides is 1. The molecule has 1 amide bonds. The Morgan fingerprint density at radius 1 is 1.26 bits per heavy atom. The molecule has 0 atom stereocenters. The van der Waals surface area contributed by atoms with Crippen molar-refractivity contribution in [2.75, 3.05) is 39.3 Å².